The summed E-state index contributed by atoms with van der Waals surface area (Å²) in [4.78, 5) is 21.9. The van der Waals surface area contributed by atoms with E-state index in [9.17, 15) is 9.59 Å². The minimum Gasteiger partial charge on any atom is -0.446 e. The van der Waals surface area contributed by atoms with E-state index in [-0.39, 0.29) is 17.2 Å². The Morgan fingerprint density at radius 2 is 1.93 bits per heavy atom. The molecule has 0 aromatic heterocycles. The average Bonchev–Trinajstić information content (AvgIpc) is 2.18. The molecule has 0 spiro atoms. The van der Waals surface area contributed by atoms with E-state index in [1.807, 2.05) is 0 Å². The first-order valence-electron chi connectivity index (χ1n) is 3.68. The molecule has 5 heteroatoms. The van der Waals surface area contributed by atoms with E-state index in [2.05, 4.69) is 4.74 Å². The van der Waals surface area contributed by atoms with Crippen molar-refractivity contribution in [2.75, 3.05) is 6.07 Å². The number of halogens is 2. The second-order valence-corrected chi connectivity index (χ2v) is 2.96. The number of carbonyl (C=O) groups is 2. The predicted octanol–water partition coefficient (Wildman–Crippen LogP) is 2.42. The molecule has 1 aromatic carbocycles. The Hall–Kier alpha value is -1.06. The standard InChI is InChI=1S/C9H6Cl2O3/c10-5-14-9(13)7-3-1-2-6(4-7)8(11)12/h1-4H,5H2. The van der Waals surface area contributed by atoms with Gasteiger partial charge in [0.25, 0.3) is 5.24 Å². The van der Waals surface area contributed by atoms with E-state index in [0.717, 1.165) is 0 Å². The minimum atomic E-state index is -0.620. The van der Waals surface area contributed by atoms with Crippen molar-refractivity contribution < 1.29 is 14.3 Å². The van der Waals surface area contributed by atoms with Crippen LogP contribution in [-0.2, 0) is 4.74 Å². The number of hydrogen-bond acceptors (Lipinski definition) is 3. The van der Waals surface area contributed by atoms with Gasteiger partial charge >= 0.3 is 5.97 Å². The Balaban J connectivity index is 2.93. The van der Waals surface area contributed by atoms with Crippen molar-refractivity contribution in [3.05, 3.63) is 35.4 Å². The molecule has 14 heavy (non-hydrogen) atoms. The molecule has 0 radical (unpaired) electrons. The van der Waals surface area contributed by atoms with E-state index in [1.165, 1.54) is 18.2 Å². The number of alkyl halides is 1. The highest BCUT2D eigenvalue weighted by Crippen LogP contribution is 2.09. The molecule has 0 aliphatic carbocycles. The van der Waals surface area contributed by atoms with E-state index in [0.29, 0.717) is 0 Å². The Morgan fingerprint density at radius 3 is 2.50 bits per heavy atom. The predicted molar refractivity (Wildman–Crippen MR) is 52.8 cm³/mol. The van der Waals surface area contributed by atoms with Crippen LogP contribution >= 0.6 is 23.2 Å². The SMILES string of the molecule is O=C(Cl)c1cccc(C(=O)OCCl)c1. The molecule has 0 N–H and O–H groups in total. The Morgan fingerprint density at radius 1 is 1.29 bits per heavy atom. The van der Waals surface area contributed by atoms with Gasteiger partial charge in [0, 0.05) is 5.56 Å². The van der Waals surface area contributed by atoms with Crippen molar-refractivity contribution in [3.8, 4) is 0 Å². The molecule has 0 aliphatic heterocycles. The van der Waals surface area contributed by atoms with Crippen LogP contribution < -0.4 is 0 Å². The molecule has 0 fully saturated rings. The molecule has 0 saturated carbocycles. The first-order valence-corrected chi connectivity index (χ1v) is 4.59. The third-order valence-electron chi connectivity index (χ3n) is 1.51. The summed E-state index contributed by atoms with van der Waals surface area (Å²) in [7, 11) is 0. The van der Waals surface area contributed by atoms with Crippen LogP contribution in [0.1, 0.15) is 20.7 Å². The quantitative estimate of drug-likeness (QED) is 0.457. The summed E-state index contributed by atoms with van der Waals surface area (Å²) in [5.74, 6) is -0.584. The lowest BCUT2D eigenvalue weighted by molar-refractivity contribution is 0.0574. The summed E-state index contributed by atoms with van der Waals surface area (Å²) < 4.78 is 4.53. The number of ether oxygens (including phenoxy) is 1. The summed E-state index contributed by atoms with van der Waals surface area (Å²) in [6.07, 6.45) is 0. The van der Waals surface area contributed by atoms with Gasteiger partial charge < -0.3 is 4.74 Å². The van der Waals surface area contributed by atoms with Crippen LogP contribution in [0.15, 0.2) is 24.3 Å². The highest BCUT2D eigenvalue weighted by atomic mass is 35.5. The number of carbonyl (C=O) groups excluding carboxylic acids is 2. The fourth-order valence-corrected chi connectivity index (χ4v) is 1.12. The van der Waals surface area contributed by atoms with Crippen molar-refractivity contribution >= 4 is 34.4 Å². The zero-order valence-electron chi connectivity index (χ0n) is 7.00. The second-order valence-electron chi connectivity index (χ2n) is 2.40. The fourth-order valence-electron chi connectivity index (χ4n) is 0.901. The van der Waals surface area contributed by atoms with Crippen LogP contribution in [0.3, 0.4) is 0 Å². The molecule has 0 atom stereocenters. The smallest absolute Gasteiger partial charge is 0.339 e. The van der Waals surface area contributed by atoms with Gasteiger partial charge in [0.05, 0.1) is 5.56 Å². The molecule has 0 saturated heterocycles. The van der Waals surface area contributed by atoms with Crippen molar-refractivity contribution in [2.24, 2.45) is 0 Å². The topological polar surface area (TPSA) is 43.4 Å². The maximum absolute atomic E-state index is 11.2. The first-order chi connectivity index (χ1) is 6.65. The zero-order chi connectivity index (χ0) is 10.6. The first kappa shape index (κ1) is 11.0. The lowest BCUT2D eigenvalue weighted by Gasteiger charge is -2.01. The third-order valence-corrected chi connectivity index (χ3v) is 1.84. The van der Waals surface area contributed by atoms with Crippen LogP contribution in [-0.4, -0.2) is 17.3 Å². The summed E-state index contributed by atoms with van der Waals surface area (Å²) >= 11 is 10.5. The lowest BCUT2D eigenvalue weighted by atomic mass is 10.1. The maximum Gasteiger partial charge on any atom is 0.339 e. The summed E-state index contributed by atoms with van der Waals surface area (Å²) in [5.41, 5.74) is 0.493. The fraction of sp³-hybridized carbons (Fsp3) is 0.111. The van der Waals surface area contributed by atoms with Gasteiger partial charge in [-0.3, -0.25) is 4.79 Å². The monoisotopic (exact) mass is 232 g/mol. The van der Waals surface area contributed by atoms with Gasteiger partial charge in [-0.15, -0.1) is 0 Å². The summed E-state index contributed by atoms with van der Waals surface area (Å²) in [6.45, 7) is 0. The van der Waals surface area contributed by atoms with Crippen LogP contribution in [0, 0.1) is 0 Å². The number of hydrogen-bond donors (Lipinski definition) is 0. The zero-order valence-corrected chi connectivity index (χ0v) is 8.51. The van der Waals surface area contributed by atoms with E-state index in [1.54, 1.807) is 6.07 Å². The third kappa shape index (κ3) is 2.72. The number of benzene rings is 1. The van der Waals surface area contributed by atoms with Crippen molar-refractivity contribution in [3.63, 3.8) is 0 Å². The van der Waals surface area contributed by atoms with Gasteiger partial charge in [-0.2, -0.15) is 0 Å². The molecule has 0 unspecified atom stereocenters. The van der Waals surface area contributed by atoms with Gasteiger partial charge in [0.15, 0.2) is 6.07 Å². The Labute approximate surface area is 90.6 Å². The van der Waals surface area contributed by atoms with E-state index >= 15 is 0 Å². The highest BCUT2D eigenvalue weighted by molar-refractivity contribution is 6.67. The maximum atomic E-state index is 11.2. The molecular formula is C9H6Cl2O3. The van der Waals surface area contributed by atoms with E-state index < -0.39 is 11.2 Å². The average molecular weight is 233 g/mol. The highest BCUT2D eigenvalue weighted by Gasteiger charge is 2.09. The minimum absolute atomic E-state index is 0.224. The molecule has 1 rings (SSSR count). The van der Waals surface area contributed by atoms with Crippen molar-refractivity contribution in [1.82, 2.24) is 0 Å². The van der Waals surface area contributed by atoms with Crippen LogP contribution in [0.2, 0.25) is 0 Å². The Bertz CT molecular complexity index is 363. The van der Waals surface area contributed by atoms with Crippen molar-refractivity contribution in [1.29, 1.82) is 0 Å². The molecule has 3 nitrogen and oxygen atoms in total. The summed E-state index contributed by atoms with van der Waals surface area (Å²) in [6, 6.07) is 5.69. The molecular weight excluding hydrogens is 227 g/mol. The molecule has 0 amide bonds. The van der Waals surface area contributed by atoms with Gasteiger partial charge in [-0.25, -0.2) is 4.79 Å². The van der Waals surface area contributed by atoms with Crippen LogP contribution in [0.25, 0.3) is 0 Å². The van der Waals surface area contributed by atoms with E-state index in [4.69, 9.17) is 23.2 Å². The molecule has 0 heterocycles. The van der Waals surface area contributed by atoms with Gasteiger partial charge in [0.1, 0.15) is 0 Å². The van der Waals surface area contributed by atoms with Crippen LogP contribution in [0.4, 0.5) is 0 Å². The molecule has 1 aromatic rings. The Kier molecular flexibility index (Phi) is 3.92. The molecule has 0 bridgehead atoms. The van der Waals surface area contributed by atoms with Gasteiger partial charge in [-0.1, -0.05) is 23.7 Å². The number of rotatable bonds is 3. The lowest BCUT2D eigenvalue weighted by Crippen LogP contribution is -2.04. The normalized spacial score (nSPS) is 9.57. The van der Waals surface area contributed by atoms with Crippen LogP contribution in [0.5, 0.6) is 0 Å². The largest absolute Gasteiger partial charge is 0.446 e. The summed E-state index contributed by atoms with van der Waals surface area (Å²) in [5, 5.41) is -0.620. The van der Waals surface area contributed by atoms with Gasteiger partial charge in [0.2, 0.25) is 0 Å². The second kappa shape index (κ2) is 4.98. The molecule has 74 valence electrons. The van der Waals surface area contributed by atoms with Crippen molar-refractivity contribution in [2.45, 2.75) is 0 Å². The molecule has 0 aliphatic rings. The number of esters is 1. The van der Waals surface area contributed by atoms with Gasteiger partial charge in [-0.05, 0) is 23.7 Å².